The molecule has 4 heteroatoms. The van der Waals surface area contributed by atoms with Crippen molar-refractivity contribution in [2.45, 2.75) is 53.2 Å². The molecular formula is C13H24N2OS. The molecule has 0 amide bonds. The smallest absolute Gasteiger partial charge is 0.0900 e. The molecule has 98 valence electrons. The minimum absolute atomic E-state index is 0.329. The Morgan fingerprint density at radius 1 is 1.29 bits per heavy atom. The second-order valence-corrected chi connectivity index (χ2v) is 6.03. The van der Waals surface area contributed by atoms with Gasteiger partial charge in [-0.2, -0.15) is 0 Å². The zero-order chi connectivity index (χ0) is 12.8. The Hall–Kier alpha value is -0.450. The van der Waals surface area contributed by atoms with Crippen LogP contribution in [0.2, 0.25) is 0 Å². The van der Waals surface area contributed by atoms with Gasteiger partial charge in [0, 0.05) is 17.5 Å². The third-order valence-corrected chi connectivity index (χ3v) is 3.47. The van der Waals surface area contributed by atoms with Gasteiger partial charge in [0.05, 0.1) is 16.8 Å². The summed E-state index contributed by atoms with van der Waals surface area (Å²) in [5.41, 5.74) is 1.19. The molecule has 1 rings (SSSR count). The highest BCUT2D eigenvalue weighted by Crippen LogP contribution is 2.22. The van der Waals surface area contributed by atoms with Crippen molar-refractivity contribution in [2.24, 2.45) is 0 Å². The molecule has 0 spiro atoms. The largest absolute Gasteiger partial charge is 0.379 e. The highest BCUT2D eigenvalue weighted by atomic mass is 32.1. The van der Waals surface area contributed by atoms with E-state index in [0.717, 1.165) is 24.6 Å². The Labute approximate surface area is 109 Å². The summed E-state index contributed by atoms with van der Waals surface area (Å²) in [6.07, 6.45) is 1.38. The molecule has 0 aliphatic heterocycles. The average Bonchev–Trinajstić information content (AvgIpc) is 2.56. The number of thiazole rings is 1. The molecule has 0 aromatic carbocycles. The minimum Gasteiger partial charge on any atom is -0.379 e. The molecule has 1 N–H and O–H groups in total. The van der Waals surface area contributed by atoms with Gasteiger partial charge in [-0.25, -0.2) is 4.98 Å². The maximum atomic E-state index is 5.50. The fourth-order valence-electron chi connectivity index (χ4n) is 1.75. The molecule has 1 aromatic heterocycles. The van der Waals surface area contributed by atoms with Crippen LogP contribution < -0.4 is 5.32 Å². The van der Waals surface area contributed by atoms with E-state index in [-0.39, 0.29) is 0 Å². The van der Waals surface area contributed by atoms with Crippen molar-refractivity contribution in [3.63, 3.8) is 0 Å². The predicted octanol–water partition coefficient (Wildman–Crippen LogP) is 3.23. The van der Waals surface area contributed by atoms with Crippen LogP contribution in [-0.4, -0.2) is 24.2 Å². The number of rotatable bonds is 7. The summed E-state index contributed by atoms with van der Waals surface area (Å²) in [6.45, 7) is 12.3. The number of ether oxygens (including phenoxy) is 1. The van der Waals surface area contributed by atoms with E-state index in [1.54, 1.807) is 11.3 Å². The molecule has 0 fully saturated rings. The lowest BCUT2D eigenvalue weighted by Crippen LogP contribution is -2.22. The van der Waals surface area contributed by atoms with E-state index in [4.69, 9.17) is 4.74 Å². The normalized spacial score (nSPS) is 13.3. The van der Waals surface area contributed by atoms with Gasteiger partial charge in [0.1, 0.15) is 0 Å². The van der Waals surface area contributed by atoms with Crippen LogP contribution in [0.1, 0.15) is 48.8 Å². The Balaban J connectivity index is 2.25. The van der Waals surface area contributed by atoms with E-state index < -0.39 is 0 Å². The predicted molar refractivity (Wildman–Crippen MR) is 73.7 cm³/mol. The second kappa shape index (κ2) is 7.09. The SMILES string of the molecule is Cc1nc(C(C)NCCCOC(C)C)c(C)s1. The van der Waals surface area contributed by atoms with Crippen molar-refractivity contribution in [1.82, 2.24) is 10.3 Å². The summed E-state index contributed by atoms with van der Waals surface area (Å²) in [7, 11) is 0. The summed E-state index contributed by atoms with van der Waals surface area (Å²) < 4.78 is 5.50. The third-order valence-electron chi connectivity index (χ3n) is 2.57. The topological polar surface area (TPSA) is 34.2 Å². The van der Waals surface area contributed by atoms with Crippen molar-refractivity contribution < 1.29 is 4.74 Å². The molecule has 1 heterocycles. The third kappa shape index (κ3) is 5.15. The van der Waals surface area contributed by atoms with Gasteiger partial charge in [0.15, 0.2) is 0 Å². The standard InChI is InChI=1S/C13H24N2OS/c1-9(2)16-8-6-7-14-10(3)13-11(4)17-12(5)15-13/h9-10,14H,6-8H2,1-5H3. The lowest BCUT2D eigenvalue weighted by molar-refractivity contribution is 0.0767. The van der Waals surface area contributed by atoms with E-state index in [9.17, 15) is 0 Å². The first-order valence-corrected chi connectivity index (χ1v) is 7.11. The van der Waals surface area contributed by atoms with E-state index in [2.05, 4.69) is 44.9 Å². The number of nitrogens with one attached hydrogen (secondary N) is 1. The maximum Gasteiger partial charge on any atom is 0.0900 e. The van der Waals surface area contributed by atoms with Gasteiger partial charge in [0.25, 0.3) is 0 Å². The van der Waals surface area contributed by atoms with Gasteiger partial charge in [-0.3, -0.25) is 0 Å². The van der Waals surface area contributed by atoms with E-state index >= 15 is 0 Å². The van der Waals surface area contributed by atoms with Crippen LogP contribution in [0.15, 0.2) is 0 Å². The Morgan fingerprint density at radius 3 is 2.53 bits per heavy atom. The molecule has 0 aliphatic carbocycles. The molecule has 0 radical (unpaired) electrons. The van der Waals surface area contributed by atoms with Crippen LogP contribution in [0, 0.1) is 13.8 Å². The highest BCUT2D eigenvalue weighted by molar-refractivity contribution is 7.11. The van der Waals surface area contributed by atoms with Gasteiger partial charge in [-0.05, 0) is 47.6 Å². The van der Waals surface area contributed by atoms with Crippen LogP contribution >= 0.6 is 11.3 Å². The molecular weight excluding hydrogens is 232 g/mol. The van der Waals surface area contributed by atoms with Gasteiger partial charge >= 0.3 is 0 Å². The van der Waals surface area contributed by atoms with Gasteiger partial charge < -0.3 is 10.1 Å². The molecule has 1 atom stereocenters. The molecule has 0 saturated carbocycles. The molecule has 0 saturated heterocycles. The first kappa shape index (κ1) is 14.6. The van der Waals surface area contributed by atoms with Crippen molar-refractivity contribution >= 4 is 11.3 Å². The van der Waals surface area contributed by atoms with Crippen LogP contribution in [0.5, 0.6) is 0 Å². The number of hydrogen-bond acceptors (Lipinski definition) is 4. The first-order valence-electron chi connectivity index (χ1n) is 6.29. The molecule has 0 aliphatic rings. The fourth-order valence-corrected chi connectivity index (χ4v) is 2.67. The van der Waals surface area contributed by atoms with Crippen molar-refractivity contribution in [1.29, 1.82) is 0 Å². The van der Waals surface area contributed by atoms with Crippen LogP contribution in [-0.2, 0) is 4.74 Å². The molecule has 17 heavy (non-hydrogen) atoms. The fraction of sp³-hybridized carbons (Fsp3) is 0.769. The Bertz CT molecular complexity index is 336. The van der Waals surface area contributed by atoms with E-state index in [1.807, 2.05) is 0 Å². The monoisotopic (exact) mass is 256 g/mol. The maximum absolute atomic E-state index is 5.50. The number of nitrogens with zero attached hydrogens (tertiary/aromatic N) is 1. The van der Waals surface area contributed by atoms with Crippen LogP contribution in [0.3, 0.4) is 0 Å². The van der Waals surface area contributed by atoms with Crippen molar-refractivity contribution in [3.05, 3.63) is 15.6 Å². The van der Waals surface area contributed by atoms with Crippen LogP contribution in [0.25, 0.3) is 0 Å². The van der Waals surface area contributed by atoms with Gasteiger partial charge in [-0.15, -0.1) is 11.3 Å². The Morgan fingerprint density at radius 2 is 2.00 bits per heavy atom. The van der Waals surface area contributed by atoms with Gasteiger partial charge in [-0.1, -0.05) is 0 Å². The Kier molecular flexibility index (Phi) is 6.09. The van der Waals surface area contributed by atoms with Gasteiger partial charge in [0.2, 0.25) is 0 Å². The molecule has 3 nitrogen and oxygen atoms in total. The zero-order valence-electron chi connectivity index (χ0n) is 11.5. The summed E-state index contributed by atoms with van der Waals surface area (Å²) in [5.74, 6) is 0. The minimum atomic E-state index is 0.329. The summed E-state index contributed by atoms with van der Waals surface area (Å²) in [5, 5.41) is 4.64. The first-order chi connectivity index (χ1) is 8.00. The molecule has 1 aromatic rings. The van der Waals surface area contributed by atoms with E-state index in [0.29, 0.717) is 12.1 Å². The summed E-state index contributed by atoms with van der Waals surface area (Å²) in [4.78, 5) is 5.88. The number of aryl methyl sites for hydroxylation is 2. The number of aromatic nitrogens is 1. The van der Waals surface area contributed by atoms with Crippen LogP contribution in [0.4, 0.5) is 0 Å². The number of hydrogen-bond donors (Lipinski definition) is 1. The quantitative estimate of drug-likeness (QED) is 0.761. The van der Waals surface area contributed by atoms with Crippen molar-refractivity contribution in [2.75, 3.05) is 13.2 Å². The summed E-state index contributed by atoms with van der Waals surface area (Å²) >= 11 is 1.77. The average molecular weight is 256 g/mol. The lowest BCUT2D eigenvalue weighted by atomic mass is 10.2. The van der Waals surface area contributed by atoms with E-state index in [1.165, 1.54) is 10.6 Å². The highest BCUT2D eigenvalue weighted by Gasteiger charge is 2.11. The zero-order valence-corrected chi connectivity index (χ0v) is 12.4. The second-order valence-electron chi connectivity index (χ2n) is 4.62. The summed E-state index contributed by atoms with van der Waals surface area (Å²) in [6, 6.07) is 0.332. The van der Waals surface area contributed by atoms with Crippen molar-refractivity contribution in [3.8, 4) is 0 Å². The molecule has 0 bridgehead atoms. The molecule has 1 unspecified atom stereocenters. The lowest BCUT2D eigenvalue weighted by Gasteiger charge is -2.13.